The van der Waals surface area contributed by atoms with Crippen LogP contribution in [0.5, 0.6) is 11.5 Å². The van der Waals surface area contributed by atoms with Gasteiger partial charge in [-0.05, 0) is 42.0 Å². The van der Waals surface area contributed by atoms with Crippen molar-refractivity contribution >= 4 is 0 Å². The predicted octanol–water partition coefficient (Wildman–Crippen LogP) is 2.51. The Labute approximate surface area is 122 Å². The topological polar surface area (TPSA) is 50.7 Å². The summed E-state index contributed by atoms with van der Waals surface area (Å²) in [5, 5.41) is 12.5. The third-order valence-corrected chi connectivity index (χ3v) is 3.55. The van der Waals surface area contributed by atoms with E-state index in [4.69, 9.17) is 14.6 Å². The molecule has 0 bridgehead atoms. The Kier molecular flexibility index (Phi) is 6.30. The van der Waals surface area contributed by atoms with Gasteiger partial charge in [0.2, 0.25) is 0 Å². The highest BCUT2D eigenvalue weighted by Crippen LogP contribution is 2.30. The first-order valence-corrected chi connectivity index (χ1v) is 6.96. The van der Waals surface area contributed by atoms with Gasteiger partial charge in [-0.15, -0.1) is 0 Å². The number of methoxy groups -OCH3 is 2. The molecule has 0 amide bonds. The van der Waals surface area contributed by atoms with E-state index in [0.717, 1.165) is 31.0 Å². The smallest absolute Gasteiger partial charge is 0.161 e. The summed E-state index contributed by atoms with van der Waals surface area (Å²) in [6.07, 6.45) is 0.797. The van der Waals surface area contributed by atoms with Crippen LogP contribution in [-0.4, -0.2) is 32.5 Å². The van der Waals surface area contributed by atoms with Crippen LogP contribution in [-0.2, 0) is 6.54 Å². The van der Waals surface area contributed by atoms with Crippen molar-refractivity contribution in [1.29, 1.82) is 0 Å². The second-order valence-electron chi connectivity index (χ2n) is 5.88. The molecule has 0 saturated carbocycles. The highest BCUT2D eigenvalue weighted by molar-refractivity contribution is 5.46. The largest absolute Gasteiger partial charge is 0.493 e. The Morgan fingerprint density at radius 3 is 2.30 bits per heavy atom. The summed E-state index contributed by atoms with van der Waals surface area (Å²) in [7, 11) is 3.29. The van der Waals surface area contributed by atoms with Crippen LogP contribution in [0.2, 0.25) is 0 Å². The molecule has 1 aromatic rings. The molecule has 0 aliphatic rings. The molecule has 4 heteroatoms. The van der Waals surface area contributed by atoms with Crippen LogP contribution in [0.3, 0.4) is 0 Å². The summed E-state index contributed by atoms with van der Waals surface area (Å²) in [5.74, 6) is 1.51. The van der Waals surface area contributed by atoms with Crippen LogP contribution in [0, 0.1) is 12.3 Å². The van der Waals surface area contributed by atoms with Gasteiger partial charge in [0.15, 0.2) is 11.5 Å². The van der Waals surface area contributed by atoms with Crippen molar-refractivity contribution < 1.29 is 14.6 Å². The molecule has 0 aliphatic heterocycles. The Morgan fingerprint density at radius 2 is 1.75 bits per heavy atom. The van der Waals surface area contributed by atoms with E-state index in [0.29, 0.717) is 0 Å². The van der Waals surface area contributed by atoms with E-state index in [9.17, 15) is 0 Å². The Hall–Kier alpha value is -1.26. The van der Waals surface area contributed by atoms with Crippen LogP contribution < -0.4 is 14.8 Å². The first-order valence-electron chi connectivity index (χ1n) is 6.96. The van der Waals surface area contributed by atoms with Crippen LogP contribution in [0.15, 0.2) is 12.1 Å². The molecule has 20 heavy (non-hydrogen) atoms. The lowest BCUT2D eigenvalue weighted by atomic mass is 9.89. The van der Waals surface area contributed by atoms with Crippen molar-refractivity contribution in [2.75, 3.05) is 27.4 Å². The maximum Gasteiger partial charge on any atom is 0.161 e. The predicted molar refractivity (Wildman–Crippen MR) is 81.5 cm³/mol. The van der Waals surface area contributed by atoms with E-state index in [1.54, 1.807) is 14.2 Å². The Morgan fingerprint density at radius 1 is 1.15 bits per heavy atom. The minimum Gasteiger partial charge on any atom is -0.493 e. The van der Waals surface area contributed by atoms with Gasteiger partial charge in [0.25, 0.3) is 0 Å². The van der Waals surface area contributed by atoms with Crippen LogP contribution in [0.4, 0.5) is 0 Å². The summed E-state index contributed by atoms with van der Waals surface area (Å²) >= 11 is 0. The zero-order chi connectivity index (χ0) is 15.2. The van der Waals surface area contributed by atoms with Gasteiger partial charge >= 0.3 is 0 Å². The number of aliphatic hydroxyl groups is 1. The number of ether oxygens (including phenoxy) is 2. The second-order valence-corrected chi connectivity index (χ2v) is 5.88. The fourth-order valence-corrected chi connectivity index (χ4v) is 2.14. The Bertz CT molecular complexity index is 430. The molecule has 0 spiro atoms. The highest BCUT2D eigenvalue weighted by atomic mass is 16.5. The van der Waals surface area contributed by atoms with E-state index >= 15 is 0 Å². The molecule has 1 rings (SSSR count). The fraction of sp³-hybridized carbons (Fsp3) is 0.625. The maximum atomic E-state index is 9.03. The van der Waals surface area contributed by atoms with Crippen molar-refractivity contribution in [2.24, 2.45) is 5.41 Å². The zero-order valence-electron chi connectivity index (χ0n) is 13.2. The lowest BCUT2D eigenvalue weighted by Crippen LogP contribution is -2.30. The van der Waals surface area contributed by atoms with Crippen LogP contribution in [0.1, 0.15) is 31.4 Å². The van der Waals surface area contributed by atoms with Crippen molar-refractivity contribution in [1.82, 2.24) is 5.32 Å². The molecular weight excluding hydrogens is 254 g/mol. The molecule has 2 N–H and O–H groups in total. The van der Waals surface area contributed by atoms with E-state index in [1.165, 1.54) is 11.1 Å². The molecule has 0 radical (unpaired) electrons. The lowest BCUT2D eigenvalue weighted by molar-refractivity contribution is 0.207. The van der Waals surface area contributed by atoms with E-state index in [2.05, 4.69) is 26.1 Å². The summed E-state index contributed by atoms with van der Waals surface area (Å²) in [6.45, 7) is 8.24. The molecule has 0 aliphatic carbocycles. The standard InChI is InChI=1S/C16H27NO3/c1-12-8-14(19-4)15(20-5)9-13(12)10-17-11-16(2,3)6-7-18/h8-9,17-18H,6-7,10-11H2,1-5H3. The minimum atomic E-state index is 0.0964. The average molecular weight is 281 g/mol. The first-order chi connectivity index (χ1) is 9.43. The molecule has 0 fully saturated rings. The number of hydrogen-bond acceptors (Lipinski definition) is 4. The van der Waals surface area contributed by atoms with Gasteiger partial charge in [0.1, 0.15) is 0 Å². The molecule has 0 atom stereocenters. The number of nitrogens with one attached hydrogen (secondary N) is 1. The van der Waals surface area contributed by atoms with Gasteiger partial charge in [0, 0.05) is 19.7 Å². The number of hydrogen-bond donors (Lipinski definition) is 2. The van der Waals surface area contributed by atoms with Crippen molar-refractivity contribution in [3.63, 3.8) is 0 Å². The van der Waals surface area contributed by atoms with Gasteiger partial charge < -0.3 is 19.9 Å². The number of rotatable bonds is 8. The van der Waals surface area contributed by atoms with Gasteiger partial charge in [0.05, 0.1) is 14.2 Å². The minimum absolute atomic E-state index is 0.0964. The van der Waals surface area contributed by atoms with Crippen molar-refractivity contribution in [3.05, 3.63) is 23.3 Å². The monoisotopic (exact) mass is 281 g/mol. The normalized spacial score (nSPS) is 11.5. The van der Waals surface area contributed by atoms with Crippen LogP contribution in [0.25, 0.3) is 0 Å². The molecule has 0 heterocycles. The van der Waals surface area contributed by atoms with E-state index in [1.807, 2.05) is 12.1 Å². The van der Waals surface area contributed by atoms with Crippen molar-refractivity contribution in [3.8, 4) is 11.5 Å². The third-order valence-electron chi connectivity index (χ3n) is 3.55. The molecule has 1 aromatic carbocycles. The van der Waals surface area contributed by atoms with E-state index in [-0.39, 0.29) is 12.0 Å². The first kappa shape index (κ1) is 16.8. The van der Waals surface area contributed by atoms with Gasteiger partial charge in [-0.3, -0.25) is 0 Å². The van der Waals surface area contributed by atoms with Gasteiger partial charge in [-0.2, -0.15) is 0 Å². The molecular formula is C16H27NO3. The van der Waals surface area contributed by atoms with Crippen molar-refractivity contribution in [2.45, 2.75) is 33.7 Å². The summed E-state index contributed by atoms with van der Waals surface area (Å²) in [6, 6.07) is 4.01. The number of aryl methyl sites for hydroxylation is 1. The summed E-state index contributed by atoms with van der Waals surface area (Å²) in [5.41, 5.74) is 2.47. The van der Waals surface area contributed by atoms with E-state index < -0.39 is 0 Å². The molecule has 114 valence electrons. The average Bonchev–Trinajstić information content (AvgIpc) is 2.39. The molecule has 0 unspecified atom stereocenters. The lowest BCUT2D eigenvalue weighted by Gasteiger charge is -2.24. The SMILES string of the molecule is COc1cc(C)c(CNCC(C)(C)CCO)cc1OC. The van der Waals surface area contributed by atoms with Gasteiger partial charge in [-0.1, -0.05) is 13.8 Å². The van der Waals surface area contributed by atoms with Gasteiger partial charge in [-0.25, -0.2) is 0 Å². The maximum absolute atomic E-state index is 9.03. The summed E-state index contributed by atoms with van der Waals surface area (Å²) in [4.78, 5) is 0. The second kappa shape index (κ2) is 7.50. The Balaban J connectivity index is 2.69. The highest BCUT2D eigenvalue weighted by Gasteiger charge is 2.16. The number of benzene rings is 1. The molecule has 0 saturated heterocycles. The summed E-state index contributed by atoms with van der Waals surface area (Å²) < 4.78 is 10.6. The molecule has 4 nitrogen and oxygen atoms in total. The quantitative estimate of drug-likeness (QED) is 0.769. The fourth-order valence-electron chi connectivity index (χ4n) is 2.14. The zero-order valence-corrected chi connectivity index (χ0v) is 13.2. The number of aliphatic hydroxyl groups excluding tert-OH is 1. The molecule has 0 aromatic heterocycles. The van der Waals surface area contributed by atoms with Crippen LogP contribution >= 0.6 is 0 Å². The third kappa shape index (κ3) is 4.69.